The van der Waals surface area contributed by atoms with Crippen molar-refractivity contribution in [1.29, 1.82) is 0 Å². The van der Waals surface area contributed by atoms with Gasteiger partial charge >= 0.3 is 0 Å². The zero-order chi connectivity index (χ0) is 18.5. The molecule has 0 aliphatic carbocycles. The van der Waals surface area contributed by atoms with Gasteiger partial charge in [0.1, 0.15) is 10.0 Å². The Balaban J connectivity index is 1.57. The topological polar surface area (TPSA) is 80.7 Å². The van der Waals surface area contributed by atoms with Gasteiger partial charge in [-0.3, -0.25) is 10.1 Å². The van der Waals surface area contributed by atoms with Gasteiger partial charge < -0.3 is 0 Å². The van der Waals surface area contributed by atoms with Crippen molar-refractivity contribution in [3.63, 3.8) is 0 Å². The van der Waals surface area contributed by atoms with Crippen molar-refractivity contribution in [2.24, 2.45) is 0 Å². The van der Waals surface area contributed by atoms with Crippen LogP contribution in [0.2, 0.25) is 0 Å². The first-order valence-electron chi connectivity index (χ1n) is 8.21. The summed E-state index contributed by atoms with van der Waals surface area (Å²) in [5.41, 5.74) is 4.34. The number of aryl methyl sites for hydroxylation is 3. The van der Waals surface area contributed by atoms with E-state index in [1.165, 1.54) is 34.2 Å². The molecule has 1 amide bonds. The molecule has 134 valence electrons. The summed E-state index contributed by atoms with van der Waals surface area (Å²) in [6.45, 7) is 6.17. The van der Waals surface area contributed by atoms with Crippen LogP contribution in [-0.4, -0.2) is 32.1 Å². The van der Waals surface area contributed by atoms with Crippen molar-refractivity contribution in [2.75, 3.05) is 11.1 Å². The highest BCUT2D eigenvalue weighted by Gasteiger charge is 2.09. The van der Waals surface area contributed by atoms with Crippen molar-refractivity contribution in [2.45, 2.75) is 32.2 Å². The maximum absolute atomic E-state index is 12.0. The summed E-state index contributed by atoms with van der Waals surface area (Å²) in [7, 11) is 0. The van der Waals surface area contributed by atoms with Crippen molar-refractivity contribution in [3.05, 3.63) is 46.5 Å². The van der Waals surface area contributed by atoms with Crippen LogP contribution >= 0.6 is 23.1 Å². The maximum Gasteiger partial charge on any atom is 0.236 e. The lowest BCUT2D eigenvalue weighted by Crippen LogP contribution is -2.14. The van der Waals surface area contributed by atoms with Crippen molar-refractivity contribution < 1.29 is 4.79 Å². The fraction of sp³-hybridized carbons (Fsp3) is 0.278. The van der Waals surface area contributed by atoms with Crippen LogP contribution in [-0.2, 0) is 11.2 Å². The van der Waals surface area contributed by atoms with Gasteiger partial charge in [0.15, 0.2) is 0 Å². The van der Waals surface area contributed by atoms with Gasteiger partial charge in [-0.1, -0.05) is 42.2 Å². The Morgan fingerprint density at radius 3 is 2.58 bits per heavy atom. The Labute approximate surface area is 160 Å². The first kappa shape index (κ1) is 18.5. The summed E-state index contributed by atoms with van der Waals surface area (Å²) in [5.74, 6) is 0.118. The Bertz CT molecular complexity index is 908. The molecule has 0 aliphatic rings. The van der Waals surface area contributed by atoms with Gasteiger partial charge in [0, 0.05) is 5.56 Å². The number of nitrogens with zero attached hydrogens (tertiary/aromatic N) is 4. The van der Waals surface area contributed by atoms with Gasteiger partial charge in [-0.15, -0.1) is 20.4 Å². The number of hydrogen-bond donors (Lipinski definition) is 1. The third kappa shape index (κ3) is 4.64. The molecule has 1 N–H and O–H groups in total. The largest absolute Gasteiger partial charge is 0.300 e. The second-order valence-electron chi connectivity index (χ2n) is 5.75. The molecule has 0 unspecified atom stereocenters. The first-order valence-corrected chi connectivity index (χ1v) is 10.0. The molecule has 0 fully saturated rings. The minimum Gasteiger partial charge on any atom is -0.300 e. The van der Waals surface area contributed by atoms with Gasteiger partial charge in [-0.25, -0.2) is 0 Å². The van der Waals surface area contributed by atoms with E-state index >= 15 is 0 Å². The Kier molecular flexibility index (Phi) is 5.95. The highest BCUT2D eigenvalue weighted by molar-refractivity contribution is 7.99. The number of amides is 1. The zero-order valence-corrected chi connectivity index (χ0v) is 16.4. The Morgan fingerprint density at radius 1 is 1.08 bits per heavy atom. The second kappa shape index (κ2) is 8.37. The molecule has 1 aromatic carbocycles. The number of hydrogen-bond acceptors (Lipinski definition) is 7. The summed E-state index contributed by atoms with van der Waals surface area (Å²) in [4.78, 5) is 12.0. The fourth-order valence-corrected chi connectivity index (χ4v) is 3.50. The van der Waals surface area contributed by atoms with E-state index < -0.39 is 0 Å². The van der Waals surface area contributed by atoms with Crippen LogP contribution in [0.5, 0.6) is 0 Å². The van der Waals surface area contributed by atoms with Gasteiger partial charge in [0.2, 0.25) is 11.0 Å². The summed E-state index contributed by atoms with van der Waals surface area (Å²) < 4.78 is 0. The summed E-state index contributed by atoms with van der Waals surface area (Å²) >= 11 is 2.73. The number of rotatable bonds is 6. The molecule has 0 spiro atoms. The van der Waals surface area contributed by atoms with Crippen LogP contribution in [0.25, 0.3) is 11.3 Å². The molecule has 0 radical (unpaired) electrons. The molecule has 6 nitrogen and oxygen atoms in total. The molecule has 0 atom stereocenters. The number of carbonyl (C=O) groups is 1. The number of benzene rings is 1. The monoisotopic (exact) mass is 385 g/mol. The predicted molar refractivity (Wildman–Crippen MR) is 106 cm³/mol. The van der Waals surface area contributed by atoms with Crippen LogP contribution in [0.3, 0.4) is 0 Å². The number of anilines is 1. The van der Waals surface area contributed by atoms with Crippen LogP contribution in [0.4, 0.5) is 5.13 Å². The van der Waals surface area contributed by atoms with Crippen LogP contribution < -0.4 is 5.32 Å². The average Bonchev–Trinajstić information content (AvgIpc) is 3.10. The van der Waals surface area contributed by atoms with E-state index in [1.54, 1.807) is 0 Å². The number of nitrogens with one attached hydrogen (secondary N) is 1. The molecule has 3 rings (SSSR count). The number of thioether (sulfide) groups is 1. The van der Waals surface area contributed by atoms with Crippen LogP contribution in [0.1, 0.15) is 23.1 Å². The molecule has 0 saturated carbocycles. The number of carbonyl (C=O) groups excluding carboxylic acids is 1. The lowest BCUT2D eigenvalue weighted by atomic mass is 10.0. The summed E-state index contributed by atoms with van der Waals surface area (Å²) in [6.07, 6.45) is 0.810. The molecule has 3 aromatic rings. The Hall–Kier alpha value is -2.32. The number of aromatic nitrogens is 4. The lowest BCUT2D eigenvalue weighted by molar-refractivity contribution is -0.113. The molecular weight excluding hydrogens is 366 g/mol. The standard InChI is InChI=1S/C18H19N5OS2/c1-4-16-21-23-18(26-16)19-15(24)10-25-17-8-7-14(20-22-17)13-6-5-11(2)12(3)9-13/h5-9H,4,10H2,1-3H3,(H,19,23,24). The van der Waals surface area contributed by atoms with Gasteiger partial charge in [0.25, 0.3) is 0 Å². The van der Waals surface area contributed by atoms with E-state index in [2.05, 4.69) is 51.7 Å². The minimum atomic E-state index is -0.131. The van der Waals surface area contributed by atoms with Crippen LogP contribution in [0, 0.1) is 13.8 Å². The molecule has 26 heavy (non-hydrogen) atoms. The van der Waals surface area contributed by atoms with E-state index in [1.807, 2.05) is 25.1 Å². The summed E-state index contributed by atoms with van der Waals surface area (Å²) in [5, 5.41) is 21.3. The molecule has 8 heteroatoms. The minimum absolute atomic E-state index is 0.131. The smallest absolute Gasteiger partial charge is 0.236 e. The van der Waals surface area contributed by atoms with E-state index in [4.69, 9.17) is 0 Å². The molecule has 0 bridgehead atoms. The molecule has 0 saturated heterocycles. The second-order valence-corrected chi connectivity index (χ2v) is 7.80. The van der Waals surface area contributed by atoms with E-state index in [0.717, 1.165) is 22.7 Å². The fourth-order valence-electron chi connectivity index (χ4n) is 2.19. The van der Waals surface area contributed by atoms with Crippen LogP contribution in [0.15, 0.2) is 35.4 Å². The molecule has 2 aromatic heterocycles. The highest BCUT2D eigenvalue weighted by atomic mass is 32.2. The maximum atomic E-state index is 12.0. The normalized spacial score (nSPS) is 10.7. The SMILES string of the molecule is CCc1nnc(NC(=O)CSc2ccc(-c3ccc(C)c(C)c3)nn2)s1. The highest BCUT2D eigenvalue weighted by Crippen LogP contribution is 2.22. The van der Waals surface area contributed by atoms with Crippen molar-refractivity contribution in [1.82, 2.24) is 20.4 Å². The first-order chi connectivity index (χ1) is 12.5. The van der Waals surface area contributed by atoms with Crippen molar-refractivity contribution >= 4 is 34.1 Å². The lowest BCUT2D eigenvalue weighted by Gasteiger charge is -2.05. The average molecular weight is 386 g/mol. The van der Waals surface area contributed by atoms with E-state index in [9.17, 15) is 4.79 Å². The Morgan fingerprint density at radius 2 is 1.92 bits per heavy atom. The van der Waals surface area contributed by atoms with Crippen molar-refractivity contribution in [3.8, 4) is 11.3 Å². The molecule has 0 aliphatic heterocycles. The molecular formula is C18H19N5OS2. The van der Waals surface area contributed by atoms with Gasteiger partial charge in [-0.05, 0) is 49.6 Å². The third-order valence-electron chi connectivity index (χ3n) is 3.81. The van der Waals surface area contributed by atoms with Gasteiger partial charge in [-0.2, -0.15) is 0 Å². The summed E-state index contributed by atoms with van der Waals surface area (Å²) in [6, 6.07) is 10.0. The van der Waals surface area contributed by atoms with Gasteiger partial charge in [0.05, 0.1) is 11.4 Å². The van der Waals surface area contributed by atoms with E-state index in [0.29, 0.717) is 10.2 Å². The third-order valence-corrected chi connectivity index (χ3v) is 5.71. The molecule has 2 heterocycles. The predicted octanol–water partition coefficient (Wildman–Crippen LogP) is 3.91. The van der Waals surface area contributed by atoms with E-state index in [-0.39, 0.29) is 11.7 Å². The quantitative estimate of drug-likeness (QED) is 0.648. The zero-order valence-electron chi connectivity index (χ0n) is 14.8.